The summed E-state index contributed by atoms with van der Waals surface area (Å²) in [6.07, 6.45) is 0. The number of carbonyl (C=O) groups is 1. The molecule has 0 radical (unpaired) electrons. The molecule has 6 nitrogen and oxygen atoms in total. The lowest BCUT2D eigenvalue weighted by molar-refractivity contribution is -0.130. The smallest absolute Gasteiger partial charge is 0.338 e. The van der Waals surface area contributed by atoms with Crippen molar-refractivity contribution in [3.8, 4) is 5.75 Å². The fourth-order valence-electron chi connectivity index (χ4n) is 2.93. The number of hydrogen-bond donors (Lipinski definition) is 0. The van der Waals surface area contributed by atoms with Gasteiger partial charge in [0.1, 0.15) is 5.75 Å². The van der Waals surface area contributed by atoms with Crippen LogP contribution in [-0.2, 0) is 4.79 Å². The van der Waals surface area contributed by atoms with Crippen LogP contribution >= 0.6 is 0 Å². The van der Waals surface area contributed by atoms with E-state index in [4.69, 9.17) is 4.74 Å². The van der Waals surface area contributed by atoms with E-state index in [0.717, 1.165) is 27.8 Å². The molecule has 156 valence electrons. The lowest BCUT2D eigenvalue weighted by Gasteiger charge is -2.05. The molecular formula is C26H20N4O2. The highest BCUT2D eigenvalue weighted by Crippen LogP contribution is 2.35. The Morgan fingerprint density at radius 1 is 0.656 bits per heavy atom. The van der Waals surface area contributed by atoms with Gasteiger partial charge in [-0.2, -0.15) is 10.2 Å². The summed E-state index contributed by atoms with van der Waals surface area (Å²) >= 11 is 0. The number of hydrogen-bond acceptors (Lipinski definition) is 6. The Bertz CT molecular complexity index is 1330. The van der Waals surface area contributed by atoms with Crippen LogP contribution in [0.3, 0.4) is 0 Å². The van der Waals surface area contributed by atoms with Gasteiger partial charge in [-0.05, 0) is 55.5 Å². The van der Waals surface area contributed by atoms with Gasteiger partial charge >= 0.3 is 5.97 Å². The zero-order valence-electron chi connectivity index (χ0n) is 17.5. The summed E-state index contributed by atoms with van der Waals surface area (Å²) in [6, 6.07) is 28.0. The molecule has 0 unspecified atom stereocenters. The van der Waals surface area contributed by atoms with Crippen molar-refractivity contribution in [3.63, 3.8) is 0 Å². The number of carbonyl (C=O) groups excluding carboxylic acids is 1. The Labute approximate surface area is 185 Å². The van der Waals surface area contributed by atoms with E-state index in [-0.39, 0.29) is 0 Å². The van der Waals surface area contributed by atoms with Gasteiger partial charge in [0.05, 0.1) is 22.7 Å². The molecule has 0 N–H and O–H groups in total. The second kappa shape index (κ2) is 9.57. The fourth-order valence-corrected chi connectivity index (χ4v) is 2.93. The first-order valence-corrected chi connectivity index (χ1v) is 9.98. The van der Waals surface area contributed by atoms with Crippen molar-refractivity contribution in [2.24, 2.45) is 20.5 Å². The van der Waals surface area contributed by atoms with E-state index < -0.39 is 5.97 Å². The minimum Gasteiger partial charge on any atom is -0.423 e. The van der Waals surface area contributed by atoms with Crippen LogP contribution in [0.15, 0.2) is 124 Å². The molecule has 0 atom stereocenters. The van der Waals surface area contributed by atoms with Crippen molar-refractivity contribution in [1.29, 1.82) is 0 Å². The third-order valence-corrected chi connectivity index (χ3v) is 4.58. The van der Waals surface area contributed by atoms with E-state index in [0.29, 0.717) is 17.0 Å². The molecule has 32 heavy (non-hydrogen) atoms. The zero-order valence-corrected chi connectivity index (χ0v) is 17.5. The number of nitrogens with zero attached hydrogens (tertiary/aromatic N) is 4. The summed E-state index contributed by atoms with van der Waals surface area (Å²) < 4.78 is 5.19. The summed E-state index contributed by atoms with van der Waals surface area (Å²) in [5, 5.41) is 19.3. The quantitative estimate of drug-likeness (QED) is 0.137. The van der Waals surface area contributed by atoms with Crippen LogP contribution in [-0.4, -0.2) is 5.97 Å². The molecule has 0 saturated carbocycles. The van der Waals surface area contributed by atoms with Crippen molar-refractivity contribution < 1.29 is 9.53 Å². The van der Waals surface area contributed by atoms with E-state index in [9.17, 15) is 4.79 Å². The van der Waals surface area contributed by atoms with Gasteiger partial charge in [0.2, 0.25) is 0 Å². The fraction of sp³-hybridized carbons (Fsp3) is 0.0385. The molecule has 0 aromatic heterocycles. The second-order valence-electron chi connectivity index (χ2n) is 7.05. The van der Waals surface area contributed by atoms with E-state index >= 15 is 0 Å². The predicted molar refractivity (Wildman–Crippen MR) is 126 cm³/mol. The first-order chi connectivity index (χ1) is 15.6. The van der Waals surface area contributed by atoms with Gasteiger partial charge in [0, 0.05) is 16.3 Å². The average Bonchev–Trinajstić information content (AvgIpc) is 2.83. The highest BCUT2D eigenvalue weighted by atomic mass is 16.5. The lowest BCUT2D eigenvalue weighted by atomic mass is 10.1. The first kappa shape index (κ1) is 20.8. The Balaban J connectivity index is 1.57. The monoisotopic (exact) mass is 420 g/mol. The largest absolute Gasteiger partial charge is 0.423 e. The van der Waals surface area contributed by atoms with Gasteiger partial charge < -0.3 is 4.74 Å². The number of azo groups is 2. The molecule has 0 amide bonds. The second-order valence-corrected chi connectivity index (χ2v) is 7.05. The van der Waals surface area contributed by atoms with Gasteiger partial charge in [0.25, 0.3) is 0 Å². The van der Waals surface area contributed by atoms with Crippen molar-refractivity contribution in [2.75, 3.05) is 0 Å². The summed E-state index contributed by atoms with van der Waals surface area (Å²) in [6.45, 7) is 5.17. The number of benzene rings is 4. The minimum absolute atomic E-state index is 0.340. The highest BCUT2D eigenvalue weighted by Gasteiger charge is 2.07. The normalized spacial score (nSPS) is 11.3. The third-order valence-electron chi connectivity index (χ3n) is 4.58. The minimum atomic E-state index is -0.463. The number of rotatable bonds is 6. The maximum absolute atomic E-state index is 11.6. The average molecular weight is 420 g/mol. The van der Waals surface area contributed by atoms with Crippen molar-refractivity contribution >= 4 is 39.5 Å². The van der Waals surface area contributed by atoms with E-state index in [1.54, 1.807) is 31.2 Å². The molecule has 0 heterocycles. The van der Waals surface area contributed by atoms with Gasteiger partial charge in [-0.3, -0.25) is 0 Å². The molecule has 4 aromatic carbocycles. The predicted octanol–water partition coefficient (Wildman–Crippen LogP) is 8.15. The van der Waals surface area contributed by atoms with Crippen LogP contribution in [0.5, 0.6) is 5.75 Å². The summed E-state index contributed by atoms with van der Waals surface area (Å²) in [5.74, 6) is -0.0362. The number of esters is 1. The van der Waals surface area contributed by atoms with Crippen LogP contribution in [0.1, 0.15) is 6.92 Å². The topological polar surface area (TPSA) is 75.7 Å². The Kier molecular flexibility index (Phi) is 6.22. The van der Waals surface area contributed by atoms with Gasteiger partial charge in [-0.1, -0.05) is 49.0 Å². The number of fused-ring (bicyclic) bond motifs is 1. The van der Waals surface area contributed by atoms with Crippen LogP contribution in [0.4, 0.5) is 22.7 Å². The van der Waals surface area contributed by atoms with E-state index in [2.05, 4.69) is 27.0 Å². The summed E-state index contributed by atoms with van der Waals surface area (Å²) in [5.41, 5.74) is 3.24. The Hall–Kier alpha value is -4.45. The van der Waals surface area contributed by atoms with Crippen molar-refractivity contribution in [1.82, 2.24) is 0 Å². The van der Waals surface area contributed by atoms with Crippen LogP contribution in [0, 0.1) is 0 Å². The molecule has 0 aliphatic rings. The molecule has 4 aromatic rings. The van der Waals surface area contributed by atoms with Gasteiger partial charge in [0.15, 0.2) is 0 Å². The van der Waals surface area contributed by atoms with Crippen molar-refractivity contribution in [2.45, 2.75) is 6.92 Å². The van der Waals surface area contributed by atoms with Crippen molar-refractivity contribution in [3.05, 3.63) is 103 Å². The Morgan fingerprint density at radius 3 is 1.69 bits per heavy atom. The van der Waals surface area contributed by atoms with Gasteiger partial charge in [-0.15, -0.1) is 10.2 Å². The standard InChI is InChI=1S/C26H20N4O2/c1-18(2)26(31)32-21-14-12-20(13-15-21)28-30-25-17-16-24(22-10-6-7-11-23(22)25)29-27-19-8-4-3-5-9-19/h3-17H,1H2,2H3. The maximum atomic E-state index is 11.6. The highest BCUT2D eigenvalue weighted by molar-refractivity contribution is 5.99. The summed E-state index contributed by atoms with van der Waals surface area (Å²) in [7, 11) is 0. The SMILES string of the molecule is C=C(C)C(=O)Oc1ccc(N=Nc2ccc(N=Nc3ccccc3)c3ccccc23)cc1. The van der Waals surface area contributed by atoms with E-state index in [1.807, 2.05) is 66.7 Å². The molecule has 0 saturated heterocycles. The molecule has 0 bridgehead atoms. The molecule has 0 spiro atoms. The van der Waals surface area contributed by atoms with Crippen LogP contribution < -0.4 is 4.74 Å². The number of ether oxygens (including phenoxy) is 1. The molecule has 0 aliphatic carbocycles. The van der Waals surface area contributed by atoms with Crippen LogP contribution in [0.25, 0.3) is 10.8 Å². The Morgan fingerprint density at radius 2 is 1.16 bits per heavy atom. The van der Waals surface area contributed by atoms with Gasteiger partial charge in [-0.25, -0.2) is 4.79 Å². The zero-order chi connectivity index (χ0) is 22.3. The molecule has 0 fully saturated rings. The molecule has 4 rings (SSSR count). The molecular weight excluding hydrogens is 400 g/mol. The maximum Gasteiger partial charge on any atom is 0.338 e. The molecule has 6 heteroatoms. The van der Waals surface area contributed by atoms with E-state index in [1.165, 1.54) is 0 Å². The summed E-state index contributed by atoms with van der Waals surface area (Å²) in [4.78, 5) is 11.6. The lowest BCUT2D eigenvalue weighted by Crippen LogP contribution is -2.07. The van der Waals surface area contributed by atoms with Crippen LogP contribution in [0.2, 0.25) is 0 Å². The first-order valence-electron chi connectivity index (χ1n) is 9.98. The molecule has 0 aliphatic heterocycles. The third kappa shape index (κ3) is 4.99.